The van der Waals surface area contributed by atoms with Crippen LogP contribution in [-0.4, -0.2) is 16.7 Å². The molecule has 0 aliphatic carbocycles. The summed E-state index contributed by atoms with van der Waals surface area (Å²) in [4.78, 5) is 27.2. The smallest absolute Gasteiger partial charge is 0.261 e. The maximum atomic E-state index is 12.9. The number of carbonyl (C=O) groups excluding carboxylic acids is 2. The normalized spacial score (nSPS) is 13.4. The van der Waals surface area contributed by atoms with Crippen LogP contribution in [0.5, 0.6) is 0 Å². The van der Waals surface area contributed by atoms with Crippen molar-refractivity contribution in [1.29, 1.82) is 0 Å². The molecule has 3 heteroatoms. The Kier molecular flexibility index (Phi) is 3.50. The third-order valence-corrected chi connectivity index (χ3v) is 4.77. The molecule has 0 atom stereocenters. The van der Waals surface area contributed by atoms with Gasteiger partial charge in [0.15, 0.2) is 0 Å². The van der Waals surface area contributed by atoms with Crippen molar-refractivity contribution >= 4 is 28.7 Å². The van der Waals surface area contributed by atoms with E-state index < -0.39 is 0 Å². The molecular formula is C22H17NO2. The molecular weight excluding hydrogens is 310 g/mol. The Labute approximate surface area is 146 Å². The predicted molar refractivity (Wildman–Crippen MR) is 99.4 cm³/mol. The van der Waals surface area contributed by atoms with Crippen molar-refractivity contribution in [3.8, 4) is 0 Å². The van der Waals surface area contributed by atoms with Crippen LogP contribution in [0.2, 0.25) is 0 Å². The van der Waals surface area contributed by atoms with Crippen LogP contribution in [0.25, 0.3) is 16.8 Å². The Bertz CT molecular complexity index is 1010. The molecule has 0 fully saturated rings. The maximum Gasteiger partial charge on any atom is 0.261 e. The summed E-state index contributed by atoms with van der Waals surface area (Å²) in [6.45, 7) is 5.99. The van der Waals surface area contributed by atoms with Crippen molar-refractivity contribution in [2.24, 2.45) is 0 Å². The summed E-state index contributed by atoms with van der Waals surface area (Å²) in [6, 6.07) is 17.1. The zero-order valence-corrected chi connectivity index (χ0v) is 14.0. The lowest BCUT2D eigenvalue weighted by atomic mass is 9.91. The van der Waals surface area contributed by atoms with Crippen LogP contribution < -0.4 is 0 Å². The summed E-state index contributed by atoms with van der Waals surface area (Å²) < 4.78 is 0. The highest BCUT2D eigenvalue weighted by molar-refractivity contribution is 6.25. The van der Waals surface area contributed by atoms with Crippen LogP contribution in [0, 0.1) is 6.92 Å². The minimum Gasteiger partial charge on any atom is -0.270 e. The predicted octanol–water partition coefficient (Wildman–Crippen LogP) is 4.59. The van der Waals surface area contributed by atoms with E-state index in [-0.39, 0.29) is 18.4 Å². The SMILES string of the molecule is C=Cc1ccc(CN2C(=O)c3cccc4c(C)ccc(c34)C2=O)cc1. The fourth-order valence-electron chi connectivity index (χ4n) is 3.38. The highest BCUT2D eigenvalue weighted by atomic mass is 16.2. The van der Waals surface area contributed by atoms with E-state index in [1.54, 1.807) is 12.1 Å². The van der Waals surface area contributed by atoms with Crippen LogP contribution in [0.1, 0.15) is 37.4 Å². The molecule has 0 saturated carbocycles. The Balaban J connectivity index is 1.79. The van der Waals surface area contributed by atoms with E-state index >= 15 is 0 Å². The summed E-state index contributed by atoms with van der Waals surface area (Å²) in [6.07, 6.45) is 1.76. The van der Waals surface area contributed by atoms with Crippen molar-refractivity contribution < 1.29 is 9.59 Å². The van der Waals surface area contributed by atoms with Gasteiger partial charge in [0.1, 0.15) is 0 Å². The molecule has 1 heterocycles. The van der Waals surface area contributed by atoms with Gasteiger partial charge in [0, 0.05) is 16.5 Å². The average Bonchev–Trinajstić information content (AvgIpc) is 2.65. The van der Waals surface area contributed by atoms with Gasteiger partial charge >= 0.3 is 0 Å². The first-order valence-corrected chi connectivity index (χ1v) is 8.20. The molecule has 3 aromatic rings. The zero-order chi connectivity index (χ0) is 17.6. The molecule has 0 aromatic heterocycles. The first kappa shape index (κ1) is 15.3. The molecule has 0 bridgehead atoms. The first-order valence-electron chi connectivity index (χ1n) is 8.20. The number of nitrogens with zero attached hydrogens (tertiary/aromatic N) is 1. The van der Waals surface area contributed by atoms with E-state index in [4.69, 9.17) is 0 Å². The highest BCUT2D eigenvalue weighted by Gasteiger charge is 2.32. The van der Waals surface area contributed by atoms with Crippen molar-refractivity contribution in [2.45, 2.75) is 13.5 Å². The average molecular weight is 327 g/mol. The number of imide groups is 1. The molecule has 122 valence electrons. The largest absolute Gasteiger partial charge is 0.270 e. The van der Waals surface area contributed by atoms with Gasteiger partial charge in [-0.2, -0.15) is 0 Å². The molecule has 0 N–H and O–H groups in total. The van der Waals surface area contributed by atoms with Crippen molar-refractivity contribution in [3.05, 3.63) is 89.0 Å². The molecule has 0 spiro atoms. The quantitative estimate of drug-likeness (QED) is 0.660. The number of amides is 2. The van der Waals surface area contributed by atoms with E-state index in [0.29, 0.717) is 11.1 Å². The third kappa shape index (κ3) is 2.36. The minimum absolute atomic E-state index is 0.235. The molecule has 4 rings (SSSR count). The topological polar surface area (TPSA) is 37.4 Å². The van der Waals surface area contributed by atoms with Gasteiger partial charge in [0.2, 0.25) is 0 Å². The first-order chi connectivity index (χ1) is 12.1. The number of carbonyl (C=O) groups is 2. The van der Waals surface area contributed by atoms with Crippen LogP contribution in [0.4, 0.5) is 0 Å². The second-order valence-electron chi connectivity index (χ2n) is 6.30. The maximum absolute atomic E-state index is 12.9. The molecule has 0 radical (unpaired) electrons. The molecule has 0 unspecified atom stereocenters. The number of hydrogen-bond acceptors (Lipinski definition) is 2. The van der Waals surface area contributed by atoms with Gasteiger partial charge in [-0.1, -0.05) is 55.1 Å². The number of rotatable bonds is 3. The number of hydrogen-bond donors (Lipinski definition) is 0. The molecule has 3 nitrogen and oxygen atoms in total. The van der Waals surface area contributed by atoms with Crippen molar-refractivity contribution in [1.82, 2.24) is 4.90 Å². The lowest BCUT2D eigenvalue weighted by Crippen LogP contribution is -2.39. The molecule has 0 saturated heterocycles. The summed E-state index contributed by atoms with van der Waals surface area (Å²) in [5, 5.41) is 1.74. The molecule has 2 amide bonds. The highest BCUT2D eigenvalue weighted by Crippen LogP contribution is 2.32. The van der Waals surface area contributed by atoms with Crippen LogP contribution >= 0.6 is 0 Å². The van der Waals surface area contributed by atoms with Gasteiger partial charge in [-0.3, -0.25) is 14.5 Å². The number of benzene rings is 3. The molecule has 1 aliphatic heterocycles. The van der Waals surface area contributed by atoms with Gasteiger partial charge in [-0.15, -0.1) is 0 Å². The van der Waals surface area contributed by atoms with Crippen LogP contribution in [0.15, 0.2) is 61.2 Å². The summed E-state index contributed by atoms with van der Waals surface area (Å²) in [5.41, 5.74) is 4.17. The second-order valence-corrected chi connectivity index (χ2v) is 6.30. The lowest BCUT2D eigenvalue weighted by Gasteiger charge is -2.27. The fraction of sp³-hybridized carbons (Fsp3) is 0.0909. The summed E-state index contributed by atoms with van der Waals surface area (Å²) in [7, 11) is 0. The van der Waals surface area contributed by atoms with E-state index in [1.807, 2.05) is 55.5 Å². The van der Waals surface area contributed by atoms with E-state index in [0.717, 1.165) is 27.5 Å². The lowest BCUT2D eigenvalue weighted by molar-refractivity contribution is 0.0598. The van der Waals surface area contributed by atoms with Crippen molar-refractivity contribution in [3.63, 3.8) is 0 Å². The summed E-state index contributed by atoms with van der Waals surface area (Å²) >= 11 is 0. The zero-order valence-electron chi connectivity index (χ0n) is 14.0. The molecule has 25 heavy (non-hydrogen) atoms. The van der Waals surface area contributed by atoms with Gasteiger partial charge in [0.25, 0.3) is 11.8 Å². The monoisotopic (exact) mass is 327 g/mol. The van der Waals surface area contributed by atoms with E-state index in [9.17, 15) is 9.59 Å². The van der Waals surface area contributed by atoms with Crippen LogP contribution in [0.3, 0.4) is 0 Å². The minimum atomic E-state index is -0.235. The van der Waals surface area contributed by atoms with Gasteiger partial charge < -0.3 is 0 Å². The van der Waals surface area contributed by atoms with Crippen molar-refractivity contribution in [2.75, 3.05) is 0 Å². The molecule has 1 aliphatic rings. The van der Waals surface area contributed by atoms with Gasteiger partial charge in [-0.25, -0.2) is 0 Å². The van der Waals surface area contributed by atoms with Crippen LogP contribution in [-0.2, 0) is 6.54 Å². The van der Waals surface area contributed by atoms with Gasteiger partial charge in [0.05, 0.1) is 6.54 Å². The number of aryl methyl sites for hydroxylation is 1. The Morgan fingerprint density at radius 2 is 1.60 bits per heavy atom. The Hall–Kier alpha value is -3.20. The summed E-state index contributed by atoms with van der Waals surface area (Å²) in [5.74, 6) is -0.469. The third-order valence-electron chi connectivity index (χ3n) is 4.77. The fourth-order valence-corrected chi connectivity index (χ4v) is 3.38. The standard InChI is InChI=1S/C22H17NO2/c1-3-15-8-10-16(11-9-15)13-23-21(24)18-6-4-5-17-14(2)7-12-19(20(17)18)22(23)25/h3-12H,1,13H2,2H3. The molecule has 3 aromatic carbocycles. The Morgan fingerprint density at radius 3 is 2.28 bits per heavy atom. The Morgan fingerprint density at radius 1 is 0.920 bits per heavy atom. The van der Waals surface area contributed by atoms with E-state index in [1.165, 1.54) is 4.90 Å². The van der Waals surface area contributed by atoms with Gasteiger partial charge in [-0.05, 0) is 41.1 Å². The van der Waals surface area contributed by atoms with E-state index in [2.05, 4.69) is 6.58 Å². The second kappa shape index (κ2) is 5.71.